The fourth-order valence-corrected chi connectivity index (χ4v) is 2.85. The lowest BCUT2D eigenvalue weighted by Gasteiger charge is -2.29. The van der Waals surface area contributed by atoms with Gasteiger partial charge in [-0.2, -0.15) is 0 Å². The molecule has 0 spiro atoms. The smallest absolute Gasteiger partial charge is 0.148 e. The molecule has 59 valence electrons. The van der Waals surface area contributed by atoms with Gasteiger partial charge in [-0.3, -0.25) is 0 Å². The Kier molecular flexibility index (Phi) is 2.49. The predicted molar refractivity (Wildman–Crippen MR) is 42.4 cm³/mol. The van der Waals surface area contributed by atoms with E-state index in [4.69, 9.17) is 9.47 Å². The van der Waals surface area contributed by atoms with Crippen molar-refractivity contribution < 1.29 is 9.47 Å². The molecular formula is C7H15O2Si. The van der Waals surface area contributed by atoms with Gasteiger partial charge in [-0.1, -0.05) is 13.1 Å². The molecule has 0 aromatic carbocycles. The van der Waals surface area contributed by atoms with Crippen LogP contribution >= 0.6 is 0 Å². The molecule has 1 atom stereocenters. The summed E-state index contributed by atoms with van der Waals surface area (Å²) in [6, 6.07) is 0. The van der Waals surface area contributed by atoms with E-state index in [1.807, 2.05) is 0 Å². The van der Waals surface area contributed by atoms with Crippen molar-refractivity contribution in [1.29, 1.82) is 0 Å². The molecule has 0 saturated carbocycles. The molecule has 1 heterocycles. The summed E-state index contributed by atoms with van der Waals surface area (Å²) in [6.45, 7) is 5.35. The summed E-state index contributed by atoms with van der Waals surface area (Å²) in [5.41, 5.74) is -0.162. The van der Waals surface area contributed by atoms with Crippen LogP contribution in [0.3, 0.4) is 0 Å². The summed E-state index contributed by atoms with van der Waals surface area (Å²) in [7, 11) is 1.29. The Hall–Kier alpha value is 0.137. The van der Waals surface area contributed by atoms with Crippen molar-refractivity contribution in [3.05, 3.63) is 0 Å². The SMILES string of the molecule is COC1([Si](C)C)CCCO1. The molecular weight excluding hydrogens is 144 g/mol. The van der Waals surface area contributed by atoms with Crippen molar-refractivity contribution in [2.75, 3.05) is 13.7 Å². The third-order valence-corrected chi connectivity index (χ3v) is 4.20. The van der Waals surface area contributed by atoms with Gasteiger partial charge in [0.25, 0.3) is 0 Å². The molecule has 1 unspecified atom stereocenters. The third kappa shape index (κ3) is 1.26. The van der Waals surface area contributed by atoms with Gasteiger partial charge in [0.15, 0.2) is 0 Å². The summed E-state index contributed by atoms with van der Waals surface area (Å²) in [5.74, 6) is 0. The van der Waals surface area contributed by atoms with Crippen molar-refractivity contribution >= 4 is 8.80 Å². The van der Waals surface area contributed by atoms with Crippen molar-refractivity contribution in [3.63, 3.8) is 0 Å². The van der Waals surface area contributed by atoms with Crippen LogP contribution < -0.4 is 0 Å². The van der Waals surface area contributed by atoms with Crippen molar-refractivity contribution in [2.24, 2.45) is 0 Å². The van der Waals surface area contributed by atoms with Crippen LogP contribution in [-0.2, 0) is 9.47 Å². The Morgan fingerprint density at radius 2 is 2.20 bits per heavy atom. The minimum atomic E-state index is -0.467. The Morgan fingerprint density at radius 3 is 2.40 bits per heavy atom. The largest absolute Gasteiger partial charge is 0.357 e. The molecule has 1 aliphatic rings. The standard InChI is InChI=1S/C7H15O2Si/c1-8-7(10(2)3)5-4-6-9-7/h4-6H2,1-3H3. The maximum absolute atomic E-state index is 5.57. The summed E-state index contributed by atoms with van der Waals surface area (Å²) >= 11 is 0. The highest BCUT2D eigenvalue weighted by Gasteiger charge is 2.38. The molecule has 0 aromatic rings. The fourth-order valence-electron chi connectivity index (χ4n) is 1.37. The van der Waals surface area contributed by atoms with Crippen LogP contribution in [0.5, 0.6) is 0 Å². The minimum Gasteiger partial charge on any atom is -0.357 e. The molecule has 0 amide bonds. The molecule has 2 nitrogen and oxygen atoms in total. The molecule has 10 heavy (non-hydrogen) atoms. The van der Waals surface area contributed by atoms with Crippen LogP contribution in [0.15, 0.2) is 0 Å². The Labute approximate surface area is 64.1 Å². The molecule has 1 radical (unpaired) electrons. The Balaban J connectivity index is 2.58. The quantitative estimate of drug-likeness (QED) is 0.568. The first-order valence-electron chi connectivity index (χ1n) is 3.71. The normalized spacial score (nSPS) is 33.6. The van der Waals surface area contributed by atoms with Gasteiger partial charge in [0.1, 0.15) is 14.2 Å². The van der Waals surface area contributed by atoms with E-state index in [2.05, 4.69) is 13.1 Å². The maximum atomic E-state index is 5.57. The van der Waals surface area contributed by atoms with E-state index >= 15 is 0 Å². The molecule has 1 fully saturated rings. The lowest BCUT2D eigenvalue weighted by Crippen LogP contribution is -2.43. The van der Waals surface area contributed by atoms with Crippen LogP contribution in [0, 0.1) is 0 Å². The topological polar surface area (TPSA) is 18.5 Å². The first kappa shape index (κ1) is 8.24. The Bertz CT molecular complexity index is 108. The molecule has 0 aliphatic carbocycles. The summed E-state index contributed by atoms with van der Waals surface area (Å²) in [5, 5.41) is 0. The van der Waals surface area contributed by atoms with E-state index in [0.29, 0.717) is 0 Å². The van der Waals surface area contributed by atoms with E-state index in [0.717, 1.165) is 19.4 Å². The van der Waals surface area contributed by atoms with Gasteiger partial charge < -0.3 is 9.47 Å². The van der Waals surface area contributed by atoms with E-state index in [-0.39, 0.29) is 5.41 Å². The second kappa shape index (κ2) is 3.03. The second-order valence-corrected chi connectivity index (χ2v) is 5.67. The number of rotatable bonds is 2. The van der Waals surface area contributed by atoms with Gasteiger partial charge in [0.2, 0.25) is 0 Å². The van der Waals surface area contributed by atoms with Crippen molar-refractivity contribution in [3.8, 4) is 0 Å². The van der Waals surface area contributed by atoms with Crippen molar-refractivity contribution in [1.82, 2.24) is 0 Å². The zero-order valence-corrected chi connectivity index (χ0v) is 7.94. The third-order valence-electron chi connectivity index (χ3n) is 2.08. The van der Waals surface area contributed by atoms with Crippen LogP contribution in [0.1, 0.15) is 12.8 Å². The van der Waals surface area contributed by atoms with Crippen LogP contribution in [0.2, 0.25) is 13.1 Å². The number of ether oxygens (including phenoxy) is 2. The van der Waals surface area contributed by atoms with E-state index in [1.54, 1.807) is 7.11 Å². The number of methoxy groups -OCH3 is 1. The van der Waals surface area contributed by atoms with E-state index < -0.39 is 8.80 Å². The first-order chi connectivity index (χ1) is 4.71. The van der Waals surface area contributed by atoms with Crippen LogP contribution in [0.4, 0.5) is 0 Å². The molecule has 1 saturated heterocycles. The lowest BCUT2D eigenvalue weighted by atomic mass is 10.4. The van der Waals surface area contributed by atoms with Gasteiger partial charge in [0.05, 0.1) is 0 Å². The molecule has 1 rings (SSSR count). The first-order valence-corrected chi connectivity index (χ1v) is 6.21. The highest BCUT2D eigenvalue weighted by atomic mass is 28.3. The average molecular weight is 159 g/mol. The molecule has 0 aromatic heterocycles. The van der Waals surface area contributed by atoms with E-state index in [9.17, 15) is 0 Å². The molecule has 0 bridgehead atoms. The second-order valence-electron chi connectivity index (χ2n) is 2.91. The highest BCUT2D eigenvalue weighted by Crippen LogP contribution is 2.28. The van der Waals surface area contributed by atoms with E-state index in [1.165, 1.54) is 0 Å². The summed E-state index contributed by atoms with van der Waals surface area (Å²) < 4.78 is 11.0. The Morgan fingerprint density at radius 1 is 1.50 bits per heavy atom. The van der Waals surface area contributed by atoms with Gasteiger partial charge in [0, 0.05) is 13.7 Å². The monoisotopic (exact) mass is 159 g/mol. The minimum absolute atomic E-state index is 0.162. The van der Waals surface area contributed by atoms with Crippen LogP contribution in [-0.4, -0.2) is 27.9 Å². The number of hydrogen-bond donors (Lipinski definition) is 0. The van der Waals surface area contributed by atoms with Gasteiger partial charge in [-0.05, 0) is 12.8 Å². The van der Waals surface area contributed by atoms with Crippen LogP contribution in [0.25, 0.3) is 0 Å². The van der Waals surface area contributed by atoms with Crippen molar-refractivity contribution in [2.45, 2.75) is 31.3 Å². The van der Waals surface area contributed by atoms with Gasteiger partial charge >= 0.3 is 0 Å². The lowest BCUT2D eigenvalue weighted by molar-refractivity contribution is -0.133. The average Bonchev–Trinajstić information content (AvgIpc) is 2.35. The fraction of sp³-hybridized carbons (Fsp3) is 1.00. The summed E-state index contributed by atoms with van der Waals surface area (Å²) in [6.07, 6.45) is 2.24. The zero-order valence-electron chi connectivity index (χ0n) is 6.94. The maximum Gasteiger partial charge on any atom is 0.148 e. The van der Waals surface area contributed by atoms with Gasteiger partial charge in [-0.15, -0.1) is 0 Å². The molecule has 0 N–H and O–H groups in total. The summed E-state index contributed by atoms with van der Waals surface area (Å²) in [4.78, 5) is 0. The molecule has 1 aliphatic heterocycles. The highest BCUT2D eigenvalue weighted by molar-refractivity contribution is 6.58. The zero-order chi connectivity index (χ0) is 7.61. The van der Waals surface area contributed by atoms with Gasteiger partial charge in [-0.25, -0.2) is 0 Å². The molecule has 3 heteroatoms. The number of hydrogen-bond acceptors (Lipinski definition) is 2. The predicted octanol–water partition coefficient (Wildman–Crippen LogP) is 1.43.